The van der Waals surface area contributed by atoms with E-state index in [1.54, 1.807) is 32.2 Å². The number of ether oxygens (including phenoxy) is 1. The molecule has 0 aliphatic carbocycles. The van der Waals surface area contributed by atoms with Gasteiger partial charge in [-0.3, -0.25) is 4.79 Å². The number of amides is 1. The van der Waals surface area contributed by atoms with E-state index in [2.05, 4.69) is 42.3 Å². The van der Waals surface area contributed by atoms with Gasteiger partial charge in [-0.05, 0) is 50.2 Å². The lowest BCUT2D eigenvalue weighted by Gasteiger charge is -2.27. The van der Waals surface area contributed by atoms with Crippen molar-refractivity contribution >= 4 is 22.8 Å². The number of nitrogens with zero attached hydrogens (tertiary/aromatic N) is 5. The van der Waals surface area contributed by atoms with Crippen LogP contribution >= 0.6 is 0 Å². The van der Waals surface area contributed by atoms with Crippen LogP contribution in [0.25, 0.3) is 33.5 Å². The van der Waals surface area contributed by atoms with Crippen LogP contribution in [0.15, 0.2) is 54.9 Å². The van der Waals surface area contributed by atoms with E-state index in [0.29, 0.717) is 5.69 Å². The van der Waals surface area contributed by atoms with Gasteiger partial charge >= 0.3 is 0 Å². The standard InChI is InChI=1S/C26H25N7O2/c1-26(2,16-27)32-25(34)21-5-3-4-20(30-21)19-12-18-13-22(31-24(18)29-15-19)17-6-7-23(28-14-17)33-8-10-35-11-9-33/h3-7,12-15H,8-11H2,1-2H3,(H,29,31)(H,32,34). The Morgan fingerprint density at radius 1 is 1.11 bits per heavy atom. The summed E-state index contributed by atoms with van der Waals surface area (Å²) in [6, 6.07) is 15.4. The fourth-order valence-electron chi connectivity index (χ4n) is 3.93. The third kappa shape index (κ3) is 4.83. The molecule has 5 rings (SSSR count). The molecule has 5 heterocycles. The van der Waals surface area contributed by atoms with Gasteiger partial charge in [-0.15, -0.1) is 0 Å². The summed E-state index contributed by atoms with van der Waals surface area (Å²) in [4.78, 5) is 31.8. The number of carbonyl (C=O) groups excluding carboxylic acids is 1. The van der Waals surface area contributed by atoms with Crippen molar-refractivity contribution in [3.8, 4) is 28.6 Å². The van der Waals surface area contributed by atoms with Gasteiger partial charge in [0, 0.05) is 47.7 Å². The van der Waals surface area contributed by atoms with E-state index >= 15 is 0 Å². The average Bonchev–Trinajstić information content (AvgIpc) is 3.33. The van der Waals surface area contributed by atoms with Gasteiger partial charge in [0.2, 0.25) is 0 Å². The number of hydrogen-bond donors (Lipinski definition) is 2. The molecule has 4 aromatic heterocycles. The van der Waals surface area contributed by atoms with E-state index in [1.165, 1.54) is 0 Å². The maximum atomic E-state index is 12.5. The Kier molecular flexibility index (Phi) is 5.89. The zero-order valence-electron chi connectivity index (χ0n) is 19.6. The zero-order chi connectivity index (χ0) is 24.4. The van der Waals surface area contributed by atoms with Crippen LogP contribution in [0.1, 0.15) is 24.3 Å². The van der Waals surface area contributed by atoms with Crippen LogP contribution < -0.4 is 10.2 Å². The van der Waals surface area contributed by atoms with Gasteiger partial charge in [0.05, 0.1) is 25.0 Å². The molecule has 0 spiro atoms. The number of carbonyl (C=O) groups is 1. The third-order valence-electron chi connectivity index (χ3n) is 5.85. The molecule has 9 nitrogen and oxygen atoms in total. The molecule has 0 atom stereocenters. The normalized spacial score (nSPS) is 14.0. The van der Waals surface area contributed by atoms with Crippen LogP contribution in [0.2, 0.25) is 0 Å². The van der Waals surface area contributed by atoms with Crippen LogP contribution in [0.3, 0.4) is 0 Å². The highest BCUT2D eigenvalue weighted by atomic mass is 16.5. The number of nitriles is 1. The topological polar surface area (TPSA) is 120 Å². The highest BCUT2D eigenvalue weighted by Crippen LogP contribution is 2.27. The second-order valence-corrected chi connectivity index (χ2v) is 8.95. The molecule has 4 aromatic rings. The lowest BCUT2D eigenvalue weighted by Crippen LogP contribution is -2.42. The van der Waals surface area contributed by atoms with Crippen molar-refractivity contribution in [3.05, 3.63) is 60.6 Å². The molecule has 9 heteroatoms. The lowest BCUT2D eigenvalue weighted by molar-refractivity contribution is 0.0924. The molecule has 0 saturated carbocycles. The Bertz CT molecular complexity index is 1410. The Balaban J connectivity index is 1.38. The Labute approximate surface area is 202 Å². The van der Waals surface area contributed by atoms with Crippen molar-refractivity contribution in [1.82, 2.24) is 25.3 Å². The van der Waals surface area contributed by atoms with Crippen LogP contribution in [0.4, 0.5) is 5.82 Å². The molecule has 1 aliphatic heterocycles. The number of nitrogens with one attached hydrogen (secondary N) is 2. The minimum atomic E-state index is -0.980. The highest BCUT2D eigenvalue weighted by Gasteiger charge is 2.21. The van der Waals surface area contributed by atoms with Crippen molar-refractivity contribution in [3.63, 3.8) is 0 Å². The first-order valence-electron chi connectivity index (χ1n) is 11.4. The second kappa shape index (κ2) is 9.16. The van der Waals surface area contributed by atoms with E-state index < -0.39 is 11.4 Å². The van der Waals surface area contributed by atoms with Gasteiger partial charge in [0.1, 0.15) is 22.7 Å². The molecule has 1 aliphatic rings. The Hall–Kier alpha value is -4.29. The van der Waals surface area contributed by atoms with Crippen molar-refractivity contribution < 1.29 is 9.53 Å². The van der Waals surface area contributed by atoms with Crippen LogP contribution in [-0.4, -0.2) is 57.7 Å². The molecule has 1 saturated heterocycles. The number of fused-ring (bicyclic) bond motifs is 1. The molecular weight excluding hydrogens is 442 g/mol. The summed E-state index contributed by atoms with van der Waals surface area (Å²) in [6.45, 7) is 6.42. The first kappa shape index (κ1) is 22.5. The Morgan fingerprint density at radius 3 is 2.66 bits per heavy atom. The predicted molar refractivity (Wildman–Crippen MR) is 133 cm³/mol. The first-order chi connectivity index (χ1) is 16.9. The number of morpholine rings is 1. The summed E-state index contributed by atoms with van der Waals surface area (Å²) >= 11 is 0. The molecule has 0 bridgehead atoms. The van der Waals surface area contributed by atoms with Gasteiger partial charge in [-0.1, -0.05) is 6.07 Å². The van der Waals surface area contributed by atoms with Crippen LogP contribution in [-0.2, 0) is 4.74 Å². The Morgan fingerprint density at radius 2 is 1.91 bits per heavy atom. The maximum Gasteiger partial charge on any atom is 0.271 e. The summed E-state index contributed by atoms with van der Waals surface area (Å²) in [5.41, 5.74) is 3.33. The number of H-pyrrole nitrogens is 1. The maximum absolute atomic E-state index is 12.5. The number of anilines is 1. The van der Waals surface area contributed by atoms with Gasteiger partial charge in [-0.25, -0.2) is 15.0 Å². The SMILES string of the molecule is CC(C)(C#N)NC(=O)c1cccc(-c2cnc3[nH]c(-c4ccc(N5CCOCC5)nc4)cc3c2)n1. The summed E-state index contributed by atoms with van der Waals surface area (Å²) in [7, 11) is 0. The fraction of sp³-hybridized carbons (Fsp3) is 0.269. The fourth-order valence-corrected chi connectivity index (χ4v) is 3.93. The lowest BCUT2D eigenvalue weighted by atomic mass is 10.1. The van der Waals surface area contributed by atoms with Crippen molar-refractivity contribution in [2.75, 3.05) is 31.2 Å². The zero-order valence-corrected chi connectivity index (χ0v) is 19.6. The number of aromatic nitrogens is 4. The van der Waals surface area contributed by atoms with Gasteiger partial charge in [0.15, 0.2) is 0 Å². The molecule has 35 heavy (non-hydrogen) atoms. The number of hydrogen-bond acceptors (Lipinski definition) is 7. The molecule has 176 valence electrons. The minimum Gasteiger partial charge on any atom is -0.378 e. The molecule has 2 N–H and O–H groups in total. The average molecular weight is 468 g/mol. The van der Waals surface area contributed by atoms with Crippen LogP contribution in [0.5, 0.6) is 0 Å². The van der Waals surface area contributed by atoms with E-state index in [-0.39, 0.29) is 5.69 Å². The van der Waals surface area contributed by atoms with Crippen LogP contribution in [0, 0.1) is 11.3 Å². The first-order valence-corrected chi connectivity index (χ1v) is 11.4. The molecule has 0 aromatic carbocycles. The van der Waals surface area contributed by atoms with Crippen molar-refractivity contribution in [1.29, 1.82) is 5.26 Å². The molecule has 0 unspecified atom stereocenters. The largest absolute Gasteiger partial charge is 0.378 e. The summed E-state index contributed by atoms with van der Waals surface area (Å²) in [5.74, 6) is 0.547. The highest BCUT2D eigenvalue weighted by molar-refractivity contribution is 5.94. The van der Waals surface area contributed by atoms with Gasteiger partial charge in [0.25, 0.3) is 5.91 Å². The molecule has 1 amide bonds. The van der Waals surface area contributed by atoms with Gasteiger partial charge < -0.3 is 19.9 Å². The third-order valence-corrected chi connectivity index (χ3v) is 5.85. The van der Waals surface area contributed by atoms with E-state index in [1.807, 2.05) is 30.5 Å². The van der Waals surface area contributed by atoms with E-state index in [9.17, 15) is 10.1 Å². The van der Waals surface area contributed by atoms with Gasteiger partial charge in [-0.2, -0.15) is 5.26 Å². The molecule has 1 fully saturated rings. The number of aromatic amines is 1. The van der Waals surface area contributed by atoms with E-state index in [0.717, 1.165) is 60.0 Å². The monoisotopic (exact) mass is 467 g/mol. The predicted octanol–water partition coefficient (Wildman–Crippen LogP) is 3.56. The summed E-state index contributed by atoms with van der Waals surface area (Å²) < 4.78 is 5.41. The quantitative estimate of drug-likeness (QED) is 0.460. The summed E-state index contributed by atoms with van der Waals surface area (Å²) in [5, 5.41) is 12.8. The number of pyridine rings is 3. The van der Waals surface area contributed by atoms with Crippen molar-refractivity contribution in [2.24, 2.45) is 0 Å². The van der Waals surface area contributed by atoms with Crippen molar-refractivity contribution in [2.45, 2.75) is 19.4 Å². The minimum absolute atomic E-state index is 0.243. The molecule has 0 radical (unpaired) electrons. The smallest absolute Gasteiger partial charge is 0.271 e. The molecular formula is C26H25N7O2. The summed E-state index contributed by atoms with van der Waals surface area (Å²) in [6.07, 6.45) is 3.59. The number of rotatable bonds is 5. The second-order valence-electron chi connectivity index (χ2n) is 8.95. The van der Waals surface area contributed by atoms with E-state index in [4.69, 9.17) is 4.74 Å².